The standard InChI is InChI=1S/C37H69ClN4O9/c1-21(16-26-12-9-10-13-28(26)39)40-14-11-15-48-30-17-22(2)41-34(45)25(5)33(44)37(6,47)36(38)51-35(46)24(4)29(43)20-31(30)50-32-19-27(42(7)8)18-23(3)49-32/h21-33,36,40,43-44,47H,9-20,39H2,1-8H3,(H,41,45)/t21?,22-,23?,24?,25?,26?,27?,28?,29+,30?,31-,32?,33?,36+,37+/m1/s1. The molecule has 14 heteroatoms. The molecule has 0 aromatic carbocycles. The molecule has 0 spiro atoms. The molecule has 298 valence electrons. The summed E-state index contributed by atoms with van der Waals surface area (Å²) in [5.41, 5.74) is 2.54. The Hall–Kier alpha value is -1.13. The maximum Gasteiger partial charge on any atom is 0.312 e. The Bertz CT molecular complexity index is 1070. The van der Waals surface area contributed by atoms with Crippen LogP contribution < -0.4 is 16.4 Å². The fourth-order valence-corrected chi connectivity index (χ4v) is 7.83. The van der Waals surface area contributed by atoms with E-state index in [0.29, 0.717) is 37.8 Å². The molecule has 1 amide bonds. The number of nitrogens with two attached hydrogens (primary N) is 1. The van der Waals surface area contributed by atoms with Crippen molar-refractivity contribution in [3.05, 3.63) is 0 Å². The molecule has 10 unspecified atom stereocenters. The van der Waals surface area contributed by atoms with Gasteiger partial charge in [0.2, 0.25) is 11.5 Å². The molecule has 15 atom stereocenters. The maximum absolute atomic E-state index is 13.3. The molecule has 3 rings (SSSR count). The molecule has 0 aromatic rings. The zero-order valence-corrected chi connectivity index (χ0v) is 33.0. The van der Waals surface area contributed by atoms with E-state index in [-0.39, 0.29) is 24.6 Å². The van der Waals surface area contributed by atoms with Crippen LogP contribution in [0.4, 0.5) is 0 Å². The Morgan fingerprint density at radius 1 is 1.06 bits per heavy atom. The van der Waals surface area contributed by atoms with Gasteiger partial charge in [0, 0.05) is 43.6 Å². The van der Waals surface area contributed by atoms with Crippen molar-refractivity contribution in [1.29, 1.82) is 0 Å². The number of aliphatic hydroxyl groups excluding tert-OH is 2. The molecular weight excluding hydrogens is 680 g/mol. The quantitative estimate of drug-likeness (QED) is 0.103. The van der Waals surface area contributed by atoms with E-state index in [2.05, 4.69) is 22.5 Å². The second kappa shape index (κ2) is 20.5. The molecule has 7 N–H and O–H groups in total. The van der Waals surface area contributed by atoms with E-state index in [4.69, 9.17) is 36.3 Å². The molecular formula is C37H69ClN4O9. The number of hydrogen-bond acceptors (Lipinski definition) is 12. The van der Waals surface area contributed by atoms with Gasteiger partial charge in [-0.1, -0.05) is 31.4 Å². The Balaban J connectivity index is 1.82. The second-order valence-corrected chi connectivity index (χ2v) is 16.5. The van der Waals surface area contributed by atoms with E-state index in [0.717, 1.165) is 25.8 Å². The monoisotopic (exact) mass is 748 g/mol. The van der Waals surface area contributed by atoms with Crippen molar-refractivity contribution in [2.45, 2.75) is 178 Å². The van der Waals surface area contributed by atoms with E-state index >= 15 is 0 Å². The maximum atomic E-state index is 13.3. The van der Waals surface area contributed by atoms with Crippen LogP contribution in [-0.2, 0) is 28.5 Å². The van der Waals surface area contributed by atoms with Gasteiger partial charge in [0.25, 0.3) is 0 Å². The number of esters is 1. The number of cyclic esters (lactones) is 1. The van der Waals surface area contributed by atoms with Crippen LogP contribution in [0.25, 0.3) is 0 Å². The Morgan fingerprint density at radius 2 is 1.75 bits per heavy atom. The first-order chi connectivity index (χ1) is 23.9. The minimum atomic E-state index is -2.16. The van der Waals surface area contributed by atoms with Crippen molar-refractivity contribution < 1.29 is 43.9 Å². The van der Waals surface area contributed by atoms with Gasteiger partial charge in [-0.2, -0.15) is 0 Å². The lowest BCUT2D eigenvalue weighted by atomic mass is 9.81. The molecule has 0 bridgehead atoms. The van der Waals surface area contributed by atoms with Gasteiger partial charge < -0.3 is 55.5 Å². The van der Waals surface area contributed by atoms with Crippen molar-refractivity contribution in [3.63, 3.8) is 0 Å². The van der Waals surface area contributed by atoms with Gasteiger partial charge in [-0.05, 0) is 99.7 Å². The number of hydrogen-bond donors (Lipinski definition) is 6. The van der Waals surface area contributed by atoms with Crippen LogP contribution >= 0.6 is 11.6 Å². The third kappa shape index (κ3) is 13.3. The topological polar surface area (TPSA) is 185 Å². The van der Waals surface area contributed by atoms with Gasteiger partial charge in [-0.25, -0.2) is 0 Å². The number of carbonyl (C=O) groups excluding carboxylic acids is 2. The molecule has 3 aliphatic rings. The molecule has 0 radical (unpaired) electrons. The lowest BCUT2D eigenvalue weighted by Crippen LogP contribution is -2.55. The van der Waals surface area contributed by atoms with Crippen LogP contribution in [0.15, 0.2) is 0 Å². The predicted molar refractivity (Wildman–Crippen MR) is 196 cm³/mol. The number of nitrogens with one attached hydrogen (secondary N) is 2. The van der Waals surface area contributed by atoms with E-state index in [1.165, 1.54) is 40.0 Å². The fraction of sp³-hybridized carbons (Fsp3) is 0.946. The molecule has 51 heavy (non-hydrogen) atoms. The van der Waals surface area contributed by atoms with Gasteiger partial charge in [-0.3, -0.25) is 9.59 Å². The SMILES string of the molecule is CC(CC1CCCCC1N)NCCCOC1C[C@@H](C)NC(=O)C(C)C(O)[C@](C)(O)[C@@H](Cl)OC(=O)C(C)[C@@H](O)C[C@H]1OC1CC(N(C)C)CC(C)O1. The van der Waals surface area contributed by atoms with Crippen molar-refractivity contribution in [2.75, 3.05) is 27.2 Å². The Kier molecular flexibility index (Phi) is 17.8. The first-order valence-corrected chi connectivity index (χ1v) is 19.7. The van der Waals surface area contributed by atoms with Crippen LogP contribution in [0, 0.1) is 17.8 Å². The highest BCUT2D eigenvalue weighted by Gasteiger charge is 2.46. The summed E-state index contributed by atoms with van der Waals surface area (Å²) in [6, 6.07) is 0.358. The zero-order chi connectivity index (χ0) is 38.0. The number of halogens is 1. The summed E-state index contributed by atoms with van der Waals surface area (Å²) in [5.74, 6) is -3.00. The second-order valence-electron chi connectivity index (χ2n) is 16.2. The van der Waals surface area contributed by atoms with Crippen LogP contribution in [0.5, 0.6) is 0 Å². The van der Waals surface area contributed by atoms with E-state index in [1.54, 1.807) is 0 Å². The summed E-state index contributed by atoms with van der Waals surface area (Å²) in [7, 11) is 4.05. The van der Waals surface area contributed by atoms with Gasteiger partial charge in [0.15, 0.2) is 6.29 Å². The molecule has 0 aromatic heterocycles. The van der Waals surface area contributed by atoms with Crippen LogP contribution in [0.3, 0.4) is 0 Å². The summed E-state index contributed by atoms with van der Waals surface area (Å²) in [6.45, 7) is 11.3. The lowest BCUT2D eigenvalue weighted by Gasteiger charge is -2.40. The summed E-state index contributed by atoms with van der Waals surface area (Å²) in [6.07, 6.45) is 3.35. The first-order valence-electron chi connectivity index (χ1n) is 19.2. The highest BCUT2D eigenvalue weighted by molar-refractivity contribution is 6.21. The lowest BCUT2D eigenvalue weighted by molar-refractivity contribution is -0.245. The number of alkyl halides is 1. The van der Waals surface area contributed by atoms with Crippen molar-refractivity contribution in [1.82, 2.24) is 15.5 Å². The molecule has 13 nitrogen and oxygen atoms in total. The van der Waals surface area contributed by atoms with Gasteiger partial charge >= 0.3 is 5.97 Å². The first kappa shape index (κ1) is 44.3. The minimum absolute atomic E-state index is 0.00176. The fourth-order valence-electron chi connectivity index (χ4n) is 7.61. The molecule has 2 heterocycles. The van der Waals surface area contributed by atoms with E-state index in [9.17, 15) is 24.9 Å². The average Bonchev–Trinajstić information content (AvgIpc) is 3.06. The van der Waals surface area contributed by atoms with E-state index < -0.39 is 71.6 Å². The average molecular weight is 749 g/mol. The van der Waals surface area contributed by atoms with Crippen molar-refractivity contribution in [3.8, 4) is 0 Å². The molecule has 1 saturated carbocycles. The van der Waals surface area contributed by atoms with Crippen molar-refractivity contribution >= 4 is 23.5 Å². The molecule has 2 saturated heterocycles. The molecule has 1 aliphatic carbocycles. The highest BCUT2D eigenvalue weighted by atomic mass is 35.5. The summed E-state index contributed by atoms with van der Waals surface area (Å²) in [4.78, 5) is 28.7. The highest BCUT2D eigenvalue weighted by Crippen LogP contribution is 2.31. The van der Waals surface area contributed by atoms with Gasteiger partial charge in [0.1, 0.15) is 5.60 Å². The van der Waals surface area contributed by atoms with Crippen LogP contribution in [-0.4, -0.2) is 131 Å². The summed E-state index contributed by atoms with van der Waals surface area (Å²) >= 11 is 6.30. The van der Waals surface area contributed by atoms with Gasteiger partial charge in [0.05, 0.1) is 42.4 Å². The number of nitrogens with zero attached hydrogens (tertiary/aromatic N) is 1. The Morgan fingerprint density at radius 3 is 2.41 bits per heavy atom. The minimum Gasteiger partial charge on any atom is -0.442 e. The normalized spacial score (nSPS) is 41.6. The third-order valence-corrected chi connectivity index (χ3v) is 11.8. The van der Waals surface area contributed by atoms with Gasteiger partial charge in [-0.15, -0.1) is 0 Å². The summed E-state index contributed by atoms with van der Waals surface area (Å²) < 4.78 is 24.8. The number of rotatable bonds is 11. The van der Waals surface area contributed by atoms with E-state index in [1.807, 2.05) is 27.9 Å². The smallest absolute Gasteiger partial charge is 0.312 e. The zero-order valence-electron chi connectivity index (χ0n) is 32.3. The summed E-state index contributed by atoms with van der Waals surface area (Å²) in [5, 5.41) is 40.0. The third-order valence-electron chi connectivity index (χ3n) is 11.3. The van der Waals surface area contributed by atoms with Crippen molar-refractivity contribution in [2.24, 2.45) is 23.5 Å². The molecule has 3 fully saturated rings. The predicted octanol–water partition coefficient (Wildman–Crippen LogP) is 2.64. The number of aliphatic hydroxyl groups is 3. The Labute approximate surface area is 311 Å². The van der Waals surface area contributed by atoms with Crippen LogP contribution in [0.2, 0.25) is 0 Å². The molecule has 2 aliphatic heterocycles. The number of carbonyl (C=O) groups is 2. The van der Waals surface area contributed by atoms with Crippen LogP contribution in [0.1, 0.15) is 106 Å². The largest absolute Gasteiger partial charge is 0.442 e. The number of amides is 1. The number of ether oxygens (including phenoxy) is 4.